The molecule has 0 bridgehead atoms. The van der Waals surface area contributed by atoms with E-state index in [0.29, 0.717) is 21.7 Å². The van der Waals surface area contributed by atoms with Crippen LogP contribution >= 0.6 is 54.5 Å². The number of phenols is 1. The molecule has 0 atom stereocenters. The van der Waals surface area contributed by atoms with Gasteiger partial charge in [0.2, 0.25) is 0 Å². The first-order valence-electron chi connectivity index (χ1n) is 8.94. The predicted molar refractivity (Wildman–Crippen MR) is 137 cm³/mol. The lowest BCUT2D eigenvalue weighted by atomic mass is 10.1. The maximum absolute atomic E-state index is 10.5. The number of aromatic nitrogens is 2. The lowest BCUT2D eigenvalue weighted by Crippen LogP contribution is -2.03. The summed E-state index contributed by atoms with van der Waals surface area (Å²) in [6.45, 7) is 1.94. The van der Waals surface area contributed by atoms with E-state index in [-0.39, 0.29) is 5.75 Å². The highest BCUT2D eigenvalue weighted by Gasteiger charge is 2.15. The van der Waals surface area contributed by atoms with Gasteiger partial charge in [-0.05, 0) is 87.4 Å². The molecule has 0 saturated heterocycles. The van der Waals surface area contributed by atoms with Gasteiger partial charge in [-0.3, -0.25) is 5.43 Å². The molecule has 0 unspecified atom stereocenters. The summed E-state index contributed by atoms with van der Waals surface area (Å²) in [6.07, 6.45) is 0. The van der Waals surface area contributed by atoms with E-state index in [2.05, 4.69) is 74.9 Å². The average Bonchev–Trinajstić information content (AvgIpc) is 2.74. The third kappa shape index (κ3) is 4.50. The van der Waals surface area contributed by atoms with E-state index in [1.807, 2.05) is 55.5 Å². The second kappa shape index (κ2) is 8.99. The molecule has 4 rings (SSSR count). The number of rotatable bonds is 4. The van der Waals surface area contributed by atoms with Crippen LogP contribution in [0.3, 0.4) is 0 Å². The normalized spacial score (nSPS) is 11.7. The third-order valence-electron chi connectivity index (χ3n) is 4.46. The quantitative estimate of drug-likeness (QED) is 0.144. The van der Waals surface area contributed by atoms with Crippen molar-refractivity contribution < 1.29 is 5.11 Å². The first kappa shape index (κ1) is 21.2. The standard InChI is InChI=1S/C22H15Br2IN4O/c1-12(13-6-8-15(25)9-7-13)28-29-22-16-4-2-3-5-19(16)26-21(27-22)17-10-14(23)11-18(24)20(17)30/h2-11,30H,1H3,(H,26,27,29). The van der Waals surface area contributed by atoms with E-state index in [1.165, 1.54) is 3.57 Å². The second-order valence-corrected chi connectivity index (χ2v) is 9.53. The highest BCUT2D eigenvalue weighted by Crippen LogP contribution is 2.38. The smallest absolute Gasteiger partial charge is 0.166 e. The van der Waals surface area contributed by atoms with Crippen LogP contribution < -0.4 is 5.43 Å². The van der Waals surface area contributed by atoms with E-state index < -0.39 is 0 Å². The fourth-order valence-corrected chi connectivity index (χ4v) is 4.50. The Balaban J connectivity index is 1.80. The SMILES string of the molecule is CC(=NNc1nc(-c2cc(Br)cc(Br)c2O)nc2ccccc12)c1ccc(I)cc1. The Hall–Kier alpha value is -2.04. The number of para-hydroxylation sites is 1. The van der Waals surface area contributed by atoms with Crippen LogP contribution in [0.15, 0.2) is 74.7 Å². The molecule has 0 aliphatic heterocycles. The number of hydrogen-bond acceptors (Lipinski definition) is 5. The van der Waals surface area contributed by atoms with Crippen molar-refractivity contribution in [1.82, 2.24) is 9.97 Å². The van der Waals surface area contributed by atoms with Gasteiger partial charge in [-0.2, -0.15) is 5.10 Å². The van der Waals surface area contributed by atoms with Gasteiger partial charge in [0, 0.05) is 13.4 Å². The number of anilines is 1. The van der Waals surface area contributed by atoms with Gasteiger partial charge in [-0.15, -0.1) is 0 Å². The number of hydrazone groups is 1. The fourth-order valence-electron chi connectivity index (χ4n) is 2.91. The number of fused-ring (bicyclic) bond motifs is 1. The zero-order valence-electron chi connectivity index (χ0n) is 15.7. The van der Waals surface area contributed by atoms with E-state index in [4.69, 9.17) is 0 Å². The van der Waals surface area contributed by atoms with Crippen molar-refractivity contribution in [3.63, 3.8) is 0 Å². The molecule has 0 amide bonds. The molecule has 1 aromatic heterocycles. The zero-order chi connectivity index (χ0) is 21.3. The maximum atomic E-state index is 10.5. The number of hydrogen-bond donors (Lipinski definition) is 2. The van der Waals surface area contributed by atoms with Gasteiger partial charge in [-0.1, -0.05) is 40.2 Å². The molecule has 0 aliphatic rings. The van der Waals surface area contributed by atoms with Gasteiger partial charge in [0.05, 0.1) is 21.3 Å². The topological polar surface area (TPSA) is 70.4 Å². The van der Waals surface area contributed by atoms with Crippen molar-refractivity contribution in [2.45, 2.75) is 6.92 Å². The molecule has 4 aromatic rings. The number of nitrogens with one attached hydrogen (secondary N) is 1. The summed E-state index contributed by atoms with van der Waals surface area (Å²) in [7, 11) is 0. The Morgan fingerprint density at radius 1 is 1.03 bits per heavy atom. The van der Waals surface area contributed by atoms with Crippen molar-refractivity contribution in [1.29, 1.82) is 0 Å². The van der Waals surface area contributed by atoms with E-state index in [1.54, 1.807) is 12.1 Å². The number of aromatic hydroxyl groups is 1. The number of benzene rings is 3. The Bertz CT molecular complexity index is 1280. The molecule has 150 valence electrons. The largest absolute Gasteiger partial charge is 0.506 e. The van der Waals surface area contributed by atoms with Crippen LogP contribution in [0.2, 0.25) is 0 Å². The minimum atomic E-state index is 0.0815. The van der Waals surface area contributed by atoms with Crippen LogP contribution in [0, 0.1) is 3.57 Å². The molecule has 0 saturated carbocycles. The van der Waals surface area contributed by atoms with Crippen LogP contribution in [0.4, 0.5) is 5.82 Å². The first-order chi connectivity index (χ1) is 14.4. The second-order valence-electron chi connectivity index (χ2n) is 6.51. The van der Waals surface area contributed by atoms with Crippen molar-refractivity contribution >= 4 is 76.9 Å². The van der Waals surface area contributed by atoms with Crippen LogP contribution in [0.1, 0.15) is 12.5 Å². The van der Waals surface area contributed by atoms with Gasteiger partial charge in [0.1, 0.15) is 5.75 Å². The summed E-state index contributed by atoms with van der Waals surface area (Å²) in [5.41, 5.74) is 6.22. The highest BCUT2D eigenvalue weighted by molar-refractivity contribution is 14.1. The number of phenolic OH excluding ortho intramolecular Hbond substituents is 1. The molecule has 5 nitrogen and oxygen atoms in total. The molecule has 30 heavy (non-hydrogen) atoms. The van der Waals surface area contributed by atoms with Gasteiger partial charge in [0.25, 0.3) is 0 Å². The Labute approximate surface area is 204 Å². The Morgan fingerprint density at radius 2 is 1.77 bits per heavy atom. The summed E-state index contributed by atoms with van der Waals surface area (Å²) >= 11 is 9.10. The molecule has 0 spiro atoms. The number of nitrogens with zero attached hydrogens (tertiary/aromatic N) is 3. The minimum Gasteiger partial charge on any atom is -0.506 e. The average molecular weight is 638 g/mol. The summed E-state index contributed by atoms with van der Waals surface area (Å²) in [4.78, 5) is 9.30. The predicted octanol–water partition coefficient (Wildman–Crippen LogP) is 6.97. The summed E-state index contributed by atoms with van der Waals surface area (Å²) < 4.78 is 2.54. The molecule has 8 heteroatoms. The minimum absolute atomic E-state index is 0.0815. The molecular weight excluding hydrogens is 623 g/mol. The molecule has 1 heterocycles. The van der Waals surface area contributed by atoms with Crippen LogP contribution in [0.25, 0.3) is 22.3 Å². The summed E-state index contributed by atoms with van der Waals surface area (Å²) in [6, 6.07) is 19.4. The fraction of sp³-hybridized carbons (Fsp3) is 0.0455. The van der Waals surface area contributed by atoms with Crippen LogP contribution in [0.5, 0.6) is 5.75 Å². The lowest BCUT2D eigenvalue weighted by molar-refractivity contribution is 0.473. The molecule has 3 aromatic carbocycles. The molecule has 0 aliphatic carbocycles. The van der Waals surface area contributed by atoms with E-state index in [9.17, 15) is 5.11 Å². The number of halogens is 3. The Kier molecular flexibility index (Phi) is 6.35. The Morgan fingerprint density at radius 3 is 2.53 bits per heavy atom. The van der Waals surface area contributed by atoms with E-state index >= 15 is 0 Å². The van der Waals surface area contributed by atoms with Crippen molar-refractivity contribution in [2.24, 2.45) is 5.10 Å². The van der Waals surface area contributed by atoms with Gasteiger partial charge in [-0.25, -0.2) is 9.97 Å². The zero-order valence-corrected chi connectivity index (χ0v) is 21.0. The molecular formula is C22H15Br2IN4O. The monoisotopic (exact) mass is 636 g/mol. The van der Waals surface area contributed by atoms with Crippen LogP contribution in [-0.4, -0.2) is 20.8 Å². The van der Waals surface area contributed by atoms with Gasteiger partial charge < -0.3 is 5.11 Å². The lowest BCUT2D eigenvalue weighted by Gasteiger charge is -2.11. The van der Waals surface area contributed by atoms with Gasteiger partial charge in [0.15, 0.2) is 11.6 Å². The van der Waals surface area contributed by atoms with Crippen molar-refractivity contribution in [3.8, 4) is 17.1 Å². The molecule has 0 fully saturated rings. The highest BCUT2D eigenvalue weighted by atomic mass is 127. The van der Waals surface area contributed by atoms with Crippen LogP contribution in [-0.2, 0) is 0 Å². The van der Waals surface area contributed by atoms with E-state index in [0.717, 1.165) is 26.7 Å². The first-order valence-corrected chi connectivity index (χ1v) is 11.6. The van der Waals surface area contributed by atoms with Gasteiger partial charge >= 0.3 is 0 Å². The third-order valence-corrected chi connectivity index (χ3v) is 6.25. The maximum Gasteiger partial charge on any atom is 0.166 e. The molecule has 0 radical (unpaired) electrons. The van der Waals surface area contributed by atoms with Crippen molar-refractivity contribution in [3.05, 3.63) is 78.7 Å². The summed E-state index contributed by atoms with van der Waals surface area (Å²) in [5, 5.41) is 15.9. The summed E-state index contributed by atoms with van der Waals surface area (Å²) in [5.74, 6) is 1.05. The molecule has 2 N–H and O–H groups in total. The van der Waals surface area contributed by atoms with Crippen molar-refractivity contribution in [2.75, 3.05) is 5.43 Å².